The van der Waals surface area contributed by atoms with Gasteiger partial charge >= 0.3 is 0 Å². The predicted octanol–water partition coefficient (Wildman–Crippen LogP) is 0.381. The molecule has 2 fully saturated rings. The molecule has 7 heteroatoms. The fraction of sp³-hybridized carbons (Fsp3) is 0.750. The molecule has 2 aliphatic rings. The maximum absolute atomic E-state index is 13.2. The van der Waals surface area contributed by atoms with E-state index in [1.54, 1.807) is 0 Å². The highest BCUT2D eigenvalue weighted by atomic mass is 19.1. The zero-order valence-electron chi connectivity index (χ0n) is 14.2. The van der Waals surface area contributed by atoms with Crippen LogP contribution in [0.25, 0.3) is 0 Å². The minimum Gasteiger partial charge on any atom is -0.339 e. The number of nitrogens with zero attached hydrogens (tertiary/aromatic N) is 4. The fourth-order valence-electron chi connectivity index (χ4n) is 3.50. The number of piperazine rings is 1. The fourth-order valence-corrected chi connectivity index (χ4v) is 3.50. The van der Waals surface area contributed by atoms with Gasteiger partial charge in [-0.15, -0.1) is 0 Å². The first kappa shape index (κ1) is 16.4. The van der Waals surface area contributed by atoms with E-state index in [1.807, 2.05) is 23.6 Å². The number of hydrogen-bond donors (Lipinski definition) is 1. The van der Waals surface area contributed by atoms with E-state index >= 15 is 0 Å². The van der Waals surface area contributed by atoms with Crippen molar-refractivity contribution >= 4 is 5.91 Å². The average molecular weight is 323 g/mol. The molecule has 128 valence electrons. The van der Waals surface area contributed by atoms with Crippen LogP contribution in [-0.2, 0) is 18.4 Å². The van der Waals surface area contributed by atoms with Gasteiger partial charge in [0, 0.05) is 64.0 Å². The summed E-state index contributed by atoms with van der Waals surface area (Å²) in [6.45, 7) is 8.45. The molecule has 1 aromatic rings. The van der Waals surface area contributed by atoms with E-state index in [4.69, 9.17) is 0 Å². The topological polar surface area (TPSA) is 53.4 Å². The van der Waals surface area contributed by atoms with Crippen molar-refractivity contribution in [3.63, 3.8) is 0 Å². The molecule has 6 nitrogen and oxygen atoms in total. The van der Waals surface area contributed by atoms with Gasteiger partial charge in [0.2, 0.25) is 5.91 Å². The molecular weight excluding hydrogens is 297 g/mol. The monoisotopic (exact) mass is 323 g/mol. The second-order valence-corrected chi connectivity index (χ2v) is 6.67. The van der Waals surface area contributed by atoms with Crippen LogP contribution in [0, 0.1) is 13.8 Å². The molecule has 0 spiro atoms. The van der Waals surface area contributed by atoms with Crippen LogP contribution in [0.2, 0.25) is 0 Å². The number of aromatic nitrogens is 2. The number of hydrogen-bond acceptors (Lipinski definition) is 4. The molecule has 2 atom stereocenters. The lowest BCUT2D eigenvalue weighted by Gasteiger charge is -2.36. The van der Waals surface area contributed by atoms with Gasteiger partial charge in [0.1, 0.15) is 6.17 Å². The molecule has 0 aromatic carbocycles. The van der Waals surface area contributed by atoms with Crippen LogP contribution >= 0.6 is 0 Å². The predicted molar refractivity (Wildman–Crippen MR) is 85.8 cm³/mol. The van der Waals surface area contributed by atoms with E-state index in [-0.39, 0.29) is 11.9 Å². The molecule has 1 aromatic heterocycles. The number of carbonyl (C=O) groups excluding carboxylic acids is 1. The van der Waals surface area contributed by atoms with E-state index in [9.17, 15) is 9.18 Å². The van der Waals surface area contributed by atoms with E-state index in [0.717, 1.165) is 25.3 Å². The van der Waals surface area contributed by atoms with Crippen molar-refractivity contribution in [1.29, 1.82) is 0 Å². The summed E-state index contributed by atoms with van der Waals surface area (Å²) in [6, 6.07) is -0.334. The third-order valence-corrected chi connectivity index (χ3v) is 5.10. The summed E-state index contributed by atoms with van der Waals surface area (Å²) in [4.78, 5) is 16.6. The zero-order valence-corrected chi connectivity index (χ0v) is 14.2. The quantitative estimate of drug-likeness (QED) is 0.874. The van der Waals surface area contributed by atoms with Crippen molar-refractivity contribution in [2.75, 3.05) is 32.7 Å². The van der Waals surface area contributed by atoms with E-state index < -0.39 is 6.17 Å². The first-order valence-electron chi connectivity index (χ1n) is 8.33. The number of aryl methyl sites for hydroxylation is 2. The summed E-state index contributed by atoms with van der Waals surface area (Å²) in [7, 11) is 1.97. The molecule has 3 rings (SSSR count). The Bertz CT molecular complexity index is 579. The molecule has 1 amide bonds. The van der Waals surface area contributed by atoms with Crippen molar-refractivity contribution in [3.05, 3.63) is 17.0 Å². The van der Waals surface area contributed by atoms with Crippen molar-refractivity contribution in [1.82, 2.24) is 24.9 Å². The Labute approximate surface area is 136 Å². The van der Waals surface area contributed by atoms with E-state index in [1.165, 1.54) is 11.3 Å². The molecule has 0 unspecified atom stereocenters. The average Bonchev–Trinajstić information content (AvgIpc) is 3.06. The zero-order chi connectivity index (χ0) is 16.6. The molecular formula is C16H26FN5O. The molecule has 3 heterocycles. The van der Waals surface area contributed by atoms with Gasteiger partial charge in [-0.05, 0) is 13.8 Å². The number of nitrogens with one attached hydrogen (secondary N) is 1. The SMILES string of the molecule is Cc1nn(C)c(C)c1CN1CCN(C(=O)[C@H]2C[C@H](F)CN2)CC1. The van der Waals surface area contributed by atoms with Crippen LogP contribution in [0.3, 0.4) is 0 Å². The Hall–Kier alpha value is -1.47. The molecule has 2 saturated heterocycles. The molecule has 0 aliphatic carbocycles. The third-order valence-electron chi connectivity index (χ3n) is 5.10. The Kier molecular flexibility index (Phi) is 4.68. The van der Waals surface area contributed by atoms with Gasteiger partial charge in [-0.2, -0.15) is 5.10 Å². The number of rotatable bonds is 3. The lowest BCUT2D eigenvalue weighted by molar-refractivity contribution is -0.135. The summed E-state index contributed by atoms with van der Waals surface area (Å²) in [5.41, 5.74) is 3.56. The van der Waals surface area contributed by atoms with Gasteiger partial charge in [-0.1, -0.05) is 0 Å². The highest BCUT2D eigenvalue weighted by Gasteiger charge is 2.33. The smallest absolute Gasteiger partial charge is 0.239 e. The van der Waals surface area contributed by atoms with Crippen molar-refractivity contribution in [3.8, 4) is 0 Å². The van der Waals surface area contributed by atoms with Gasteiger partial charge in [0.05, 0.1) is 11.7 Å². The third kappa shape index (κ3) is 3.40. The largest absolute Gasteiger partial charge is 0.339 e. The molecule has 0 saturated carbocycles. The van der Waals surface area contributed by atoms with Gasteiger partial charge in [0.25, 0.3) is 0 Å². The van der Waals surface area contributed by atoms with Crippen LogP contribution < -0.4 is 5.32 Å². The van der Waals surface area contributed by atoms with Crippen molar-refractivity contribution in [2.24, 2.45) is 7.05 Å². The maximum Gasteiger partial charge on any atom is 0.239 e. The minimum atomic E-state index is -0.887. The Morgan fingerprint density at radius 3 is 2.52 bits per heavy atom. The lowest BCUT2D eigenvalue weighted by atomic mass is 10.1. The van der Waals surface area contributed by atoms with Crippen molar-refractivity contribution in [2.45, 2.75) is 39.0 Å². The summed E-state index contributed by atoms with van der Waals surface area (Å²) < 4.78 is 15.2. The second-order valence-electron chi connectivity index (χ2n) is 6.67. The highest BCUT2D eigenvalue weighted by Crippen LogP contribution is 2.17. The molecule has 2 aliphatic heterocycles. The first-order valence-corrected chi connectivity index (χ1v) is 8.33. The standard InChI is InChI=1S/C16H26FN5O/c1-11-14(12(2)20(3)19-11)10-21-4-6-22(7-5-21)16(23)15-8-13(17)9-18-15/h13,15,18H,4-10H2,1-3H3/t13-,15+/m0/s1. The number of alkyl halides is 1. The maximum atomic E-state index is 13.2. The van der Waals surface area contributed by atoms with Crippen LogP contribution in [0.15, 0.2) is 0 Å². The van der Waals surface area contributed by atoms with Gasteiger partial charge in [-0.25, -0.2) is 4.39 Å². The minimum absolute atomic E-state index is 0.0542. The van der Waals surface area contributed by atoms with Gasteiger partial charge < -0.3 is 10.2 Å². The van der Waals surface area contributed by atoms with Gasteiger partial charge in [-0.3, -0.25) is 14.4 Å². The number of carbonyl (C=O) groups is 1. The molecule has 0 radical (unpaired) electrons. The summed E-state index contributed by atoms with van der Waals surface area (Å²) >= 11 is 0. The van der Waals surface area contributed by atoms with Crippen LogP contribution in [-0.4, -0.2) is 70.4 Å². The lowest BCUT2D eigenvalue weighted by Crippen LogP contribution is -2.52. The van der Waals surface area contributed by atoms with Crippen LogP contribution in [0.4, 0.5) is 4.39 Å². The van der Waals surface area contributed by atoms with Crippen molar-refractivity contribution < 1.29 is 9.18 Å². The highest BCUT2D eigenvalue weighted by molar-refractivity contribution is 5.82. The summed E-state index contributed by atoms with van der Waals surface area (Å²) in [5, 5.41) is 7.44. The molecule has 23 heavy (non-hydrogen) atoms. The Balaban J connectivity index is 1.53. The van der Waals surface area contributed by atoms with Crippen LogP contribution in [0.5, 0.6) is 0 Å². The number of amides is 1. The molecule has 1 N–H and O–H groups in total. The second kappa shape index (κ2) is 6.57. The van der Waals surface area contributed by atoms with E-state index in [0.29, 0.717) is 26.1 Å². The van der Waals surface area contributed by atoms with Gasteiger partial charge in [0.15, 0.2) is 0 Å². The molecule has 0 bridgehead atoms. The Morgan fingerprint density at radius 1 is 1.30 bits per heavy atom. The van der Waals surface area contributed by atoms with Crippen LogP contribution in [0.1, 0.15) is 23.4 Å². The number of halogens is 1. The Morgan fingerprint density at radius 2 is 2.00 bits per heavy atom. The summed E-state index contributed by atoms with van der Waals surface area (Å²) in [6.07, 6.45) is -0.575. The first-order chi connectivity index (χ1) is 11.0. The van der Waals surface area contributed by atoms with E-state index in [2.05, 4.69) is 22.2 Å². The normalized spacial score (nSPS) is 26.0. The summed E-state index contributed by atoms with van der Waals surface area (Å²) in [5.74, 6) is 0.0542.